The molecule has 0 spiro atoms. The summed E-state index contributed by atoms with van der Waals surface area (Å²) in [5.41, 5.74) is 0.883. The molecule has 1 saturated heterocycles. The number of alkyl carbamates (subject to hydrolysis) is 1. The highest BCUT2D eigenvalue weighted by Crippen LogP contribution is 2.31. The maximum absolute atomic E-state index is 12.4. The number of carbonyl (C=O) groups excluding carboxylic acids is 2. The van der Waals surface area contributed by atoms with Gasteiger partial charge in [0, 0.05) is 25.4 Å². The summed E-state index contributed by atoms with van der Waals surface area (Å²) in [4.78, 5) is 26.0. The zero-order chi connectivity index (χ0) is 22.0. The number of hydrogen-bond donors (Lipinski definition) is 1. The number of amides is 1. The van der Waals surface area contributed by atoms with Gasteiger partial charge >= 0.3 is 12.1 Å². The number of nitrogens with zero attached hydrogens (tertiary/aromatic N) is 1. The van der Waals surface area contributed by atoms with Gasteiger partial charge in [-0.25, -0.2) is 18.0 Å². The summed E-state index contributed by atoms with van der Waals surface area (Å²) < 4.78 is 34.8. The number of methoxy groups -OCH3 is 1. The Kier molecular flexibility index (Phi) is 6.82. The first-order valence-electron chi connectivity index (χ1n) is 9.49. The van der Waals surface area contributed by atoms with E-state index in [1.165, 1.54) is 13.2 Å². The van der Waals surface area contributed by atoms with Crippen LogP contribution in [0.4, 0.5) is 10.5 Å². The van der Waals surface area contributed by atoms with E-state index in [9.17, 15) is 18.0 Å². The molecule has 2 rings (SSSR count). The van der Waals surface area contributed by atoms with Crippen molar-refractivity contribution in [2.24, 2.45) is 0 Å². The molecule has 0 saturated carbocycles. The van der Waals surface area contributed by atoms with Crippen LogP contribution in [0.5, 0.6) is 0 Å². The minimum atomic E-state index is -3.56. The fourth-order valence-corrected chi connectivity index (χ4v) is 4.19. The number of ether oxygens (including phenoxy) is 2. The van der Waals surface area contributed by atoms with Gasteiger partial charge in [0.15, 0.2) is 9.84 Å². The maximum Gasteiger partial charge on any atom is 0.407 e. The molecule has 8 nitrogen and oxygen atoms in total. The van der Waals surface area contributed by atoms with Crippen LogP contribution < -0.4 is 10.2 Å². The lowest BCUT2D eigenvalue weighted by Gasteiger charge is -2.35. The SMILES string of the molecule is COC(=O)c1cc(S(C)(=O)=O)c(N2CCC(NC(=O)OC(C)(C)C)CC2)cc1C. The van der Waals surface area contributed by atoms with Crippen LogP contribution in [0.2, 0.25) is 0 Å². The number of esters is 1. The van der Waals surface area contributed by atoms with E-state index in [1.54, 1.807) is 13.0 Å². The van der Waals surface area contributed by atoms with Crippen molar-refractivity contribution in [1.82, 2.24) is 5.32 Å². The second kappa shape index (κ2) is 8.61. The number of sulfone groups is 1. The number of anilines is 1. The van der Waals surface area contributed by atoms with Crippen LogP contribution in [0.3, 0.4) is 0 Å². The number of hydrogen-bond acceptors (Lipinski definition) is 7. The Bertz CT molecular complexity index is 881. The molecule has 1 aromatic rings. The topological polar surface area (TPSA) is 102 Å². The van der Waals surface area contributed by atoms with Crippen LogP contribution in [0.1, 0.15) is 49.5 Å². The van der Waals surface area contributed by atoms with Crippen LogP contribution in [-0.2, 0) is 19.3 Å². The van der Waals surface area contributed by atoms with E-state index in [0.717, 1.165) is 6.26 Å². The van der Waals surface area contributed by atoms with E-state index in [-0.39, 0.29) is 16.5 Å². The van der Waals surface area contributed by atoms with Gasteiger partial charge in [0.25, 0.3) is 0 Å². The Balaban J connectivity index is 2.19. The molecule has 1 fully saturated rings. The first-order valence-corrected chi connectivity index (χ1v) is 11.4. The predicted octanol–water partition coefficient (Wildman–Crippen LogP) is 2.68. The van der Waals surface area contributed by atoms with Crippen LogP contribution in [0.25, 0.3) is 0 Å². The molecular formula is C20H30N2O6S. The molecule has 1 aliphatic rings. The maximum atomic E-state index is 12.4. The molecule has 1 aromatic carbocycles. The molecule has 29 heavy (non-hydrogen) atoms. The molecule has 1 aliphatic heterocycles. The summed E-state index contributed by atoms with van der Waals surface area (Å²) in [7, 11) is -2.29. The van der Waals surface area contributed by atoms with Crippen molar-refractivity contribution in [3.63, 3.8) is 0 Å². The first kappa shape index (κ1) is 23.0. The Morgan fingerprint density at radius 3 is 2.24 bits per heavy atom. The summed E-state index contributed by atoms with van der Waals surface area (Å²) in [6.45, 7) is 8.31. The van der Waals surface area contributed by atoms with E-state index in [0.29, 0.717) is 37.2 Å². The van der Waals surface area contributed by atoms with Gasteiger partial charge in [-0.05, 0) is 58.2 Å². The minimum absolute atomic E-state index is 0.0433. The van der Waals surface area contributed by atoms with Crippen molar-refractivity contribution in [3.05, 3.63) is 23.3 Å². The average molecular weight is 427 g/mol. The highest BCUT2D eigenvalue weighted by atomic mass is 32.2. The Hall–Kier alpha value is -2.29. The molecular weight excluding hydrogens is 396 g/mol. The van der Waals surface area contributed by atoms with Gasteiger partial charge in [0.1, 0.15) is 5.60 Å². The van der Waals surface area contributed by atoms with Crippen LogP contribution in [0, 0.1) is 6.92 Å². The monoisotopic (exact) mass is 426 g/mol. The van der Waals surface area contributed by atoms with E-state index >= 15 is 0 Å². The van der Waals surface area contributed by atoms with Gasteiger partial charge in [0.2, 0.25) is 0 Å². The van der Waals surface area contributed by atoms with Crippen molar-refractivity contribution in [2.75, 3.05) is 31.4 Å². The third-order valence-corrected chi connectivity index (χ3v) is 5.79. The van der Waals surface area contributed by atoms with Crippen molar-refractivity contribution >= 4 is 27.6 Å². The number of rotatable bonds is 4. The molecule has 0 bridgehead atoms. The first-order chi connectivity index (χ1) is 13.3. The minimum Gasteiger partial charge on any atom is -0.465 e. The predicted molar refractivity (Wildman–Crippen MR) is 110 cm³/mol. The second-order valence-corrected chi connectivity index (χ2v) is 10.3. The van der Waals surface area contributed by atoms with Gasteiger partial charge in [-0.2, -0.15) is 0 Å². The fourth-order valence-electron chi connectivity index (χ4n) is 3.29. The second-order valence-electron chi connectivity index (χ2n) is 8.31. The van der Waals surface area contributed by atoms with Gasteiger partial charge in [-0.3, -0.25) is 0 Å². The van der Waals surface area contributed by atoms with Crippen LogP contribution in [0.15, 0.2) is 17.0 Å². The molecule has 9 heteroatoms. The lowest BCUT2D eigenvalue weighted by atomic mass is 10.0. The third kappa shape index (κ3) is 6.09. The Labute approximate surface area is 172 Å². The Morgan fingerprint density at radius 2 is 1.76 bits per heavy atom. The van der Waals surface area contributed by atoms with Gasteiger partial charge in [-0.15, -0.1) is 0 Å². The number of piperidine rings is 1. The molecule has 1 amide bonds. The van der Waals surface area contributed by atoms with E-state index in [4.69, 9.17) is 9.47 Å². The average Bonchev–Trinajstić information content (AvgIpc) is 2.58. The van der Waals surface area contributed by atoms with Gasteiger partial charge < -0.3 is 19.7 Å². The highest BCUT2D eigenvalue weighted by molar-refractivity contribution is 7.90. The highest BCUT2D eigenvalue weighted by Gasteiger charge is 2.28. The number of nitrogens with one attached hydrogen (secondary N) is 1. The lowest BCUT2D eigenvalue weighted by molar-refractivity contribution is 0.0496. The third-order valence-electron chi connectivity index (χ3n) is 4.67. The molecule has 0 aromatic heterocycles. The van der Waals surface area contributed by atoms with Crippen molar-refractivity contribution in [3.8, 4) is 0 Å². The summed E-state index contributed by atoms with van der Waals surface area (Å²) in [5.74, 6) is -0.570. The quantitative estimate of drug-likeness (QED) is 0.739. The Morgan fingerprint density at radius 1 is 1.17 bits per heavy atom. The smallest absolute Gasteiger partial charge is 0.407 e. The standard InChI is InChI=1S/C20H30N2O6S/c1-13-11-16(17(29(6,25)26)12-15(13)18(23)27-5)22-9-7-14(8-10-22)21-19(24)28-20(2,3)4/h11-12,14H,7-10H2,1-6H3,(H,21,24). The molecule has 1 N–H and O–H groups in total. The molecule has 0 unspecified atom stereocenters. The fraction of sp³-hybridized carbons (Fsp3) is 0.600. The summed E-state index contributed by atoms with van der Waals surface area (Å²) in [6.07, 6.45) is 1.98. The van der Waals surface area contributed by atoms with Crippen molar-refractivity contribution < 1.29 is 27.5 Å². The molecule has 1 heterocycles. The number of aryl methyl sites for hydroxylation is 1. The van der Waals surface area contributed by atoms with E-state index in [2.05, 4.69) is 5.32 Å². The number of carbonyl (C=O) groups is 2. The molecule has 0 atom stereocenters. The zero-order valence-electron chi connectivity index (χ0n) is 17.9. The molecule has 162 valence electrons. The van der Waals surface area contributed by atoms with Crippen molar-refractivity contribution in [2.45, 2.75) is 57.1 Å². The zero-order valence-corrected chi connectivity index (χ0v) is 18.7. The number of benzene rings is 1. The normalized spacial score (nSPS) is 15.7. The van der Waals surface area contributed by atoms with E-state index in [1.807, 2.05) is 25.7 Å². The lowest BCUT2D eigenvalue weighted by Crippen LogP contribution is -2.46. The van der Waals surface area contributed by atoms with Crippen LogP contribution >= 0.6 is 0 Å². The van der Waals surface area contributed by atoms with Gasteiger partial charge in [0.05, 0.1) is 23.3 Å². The van der Waals surface area contributed by atoms with E-state index < -0.39 is 27.5 Å². The van der Waals surface area contributed by atoms with Crippen LogP contribution in [-0.4, -0.2) is 58.6 Å². The summed E-state index contributed by atoms with van der Waals surface area (Å²) in [5, 5.41) is 2.87. The molecule has 0 aliphatic carbocycles. The summed E-state index contributed by atoms with van der Waals surface area (Å²) >= 11 is 0. The largest absolute Gasteiger partial charge is 0.465 e. The summed E-state index contributed by atoms with van der Waals surface area (Å²) in [6, 6.07) is 3.06. The molecule has 0 radical (unpaired) electrons. The van der Waals surface area contributed by atoms with Crippen molar-refractivity contribution in [1.29, 1.82) is 0 Å². The van der Waals surface area contributed by atoms with Gasteiger partial charge in [-0.1, -0.05) is 0 Å².